The summed E-state index contributed by atoms with van der Waals surface area (Å²) in [6.07, 6.45) is 1.28. The molecule has 0 radical (unpaired) electrons. The van der Waals surface area contributed by atoms with Gasteiger partial charge in [0.1, 0.15) is 0 Å². The van der Waals surface area contributed by atoms with E-state index >= 15 is 0 Å². The largest absolute Gasteiger partial charge is 0.312 e. The number of nitrogens with zero attached hydrogens (tertiary/aromatic N) is 1. The van der Waals surface area contributed by atoms with E-state index in [0.29, 0.717) is 17.5 Å². The van der Waals surface area contributed by atoms with Gasteiger partial charge in [0.2, 0.25) is 0 Å². The number of nitrogens with one attached hydrogen (secondary N) is 1. The van der Waals surface area contributed by atoms with Gasteiger partial charge < -0.3 is 5.32 Å². The minimum absolute atomic E-state index is 0.372. The minimum Gasteiger partial charge on any atom is -0.312 e. The molecule has 0 saturated carbocycles. The molecule has 1 fully saturated rings. The van der Waals surface area contributed by atoms with Gasteiger partial charge in [-0.05, 0) is 38.8 Å². The fourth-order valence-corrected chi connectivity index (χ4v) is 2.00. The van der Waals surface area contributed by atoms with Gasteiger partial charge in [-0.1, -0.05) is 20.8 Å². The van der Waals surface area contributed by atoms with Crippen molar-refractivity contribution in [3.05, 3.63) is 0 Å². The molecular formula is C12H26N2. The normalized spacial score (nSPS) is 26.6. The second kappa shape index (κ2) is 4.63. The lowest BCUT2D eigenvalue weighted by Gasteiger charge is -2.35. The first-order valence-electron chi connectivity index (χ1n) is 5.88. The Kier molecular flexibility index (Phi) is 3.96. The van der Waals surface area contributed by atoms with Crippen LogP contribution in [0.1, 0.15) is 41.0 Å². The van der Waals surface area contributed by atoms with Gasteiger partial charge in [0, 0.05) is 18.6 Å². The van der Waals surface area contributed by atoms with Crippen LogP contribution in [0.25, 0.3) is 0 Å². The van der Waals surface area contributed by atoms with E-state index in [4.69, 9.17) is 0 Å². The van der Waals surface area contributed by atoms with Gasteiger partial charge in [-0.25, -0.2) is 0 Å². The highest BCUT2D eigenvalue weighted by molar-refractivity contribution is 4.86. The predicted octanol–water partition coefficient (Wildman–Crippen LogP) is 2.10. The average Bonchev–Trinajstić information content (AvgIpc) is 2.26. The number of rotatable bonds is 1. The summed E-state index contributed by atoms with van der Waals surface area (Å²) >= 11 is 0. The zero-order valence-electron chi connectivity index (χ0n) is 10.4. The molecule has 1 atom stereocenters. The Morgan fingerprint density at radius 1 is 1.29 bits per heavy atom. The first-order valence-corrected chi connectivity index (χ1v) is 5.88. The van der Waals surface area contributed by atoms with E-state index in [-0.39, 0.29) is 0 Å². The van der Waals surface area contributed by atoms with Crippen LogP contribution in [0.2, 0.25) is 0 Å². The van der Waals surface area contributed by atoms with Crippen LogP contribution in [0.5, 0.6) is 0 Å². The topological polar surface area (TPSA) is 15.3 Å². The lowest BCUT2D eigenvalue weighted by atomic mass is 9.86. The zero-order valence-corrected chi connectivity index (χ0v) is 10.4. The highest BCUT2D eigenvalue weighted by Crippen LogP contribution is 2.22. The van der Waals surface area contributed by atoms with Crippen molar-refractivity contribution in [2.24, 2.45) is 5.41 Å². The first-order chi connectivity index (χ1) is 6.41. The molecule has 0 aromatic rings. The molecule has 1 N–H and O–H groups in total. The Hall–Kier alpha value is -0.0800. The van der Waals surface area contributed by atoms with Crippen LogP contribution >= 0.6 is 0 Å². The Morgan fingerprint density at radius 2 is 1.93 bits per heavy atom. The fourth-order valence-electron chi connectivity index (χ4n) is 2.00. The fraction of sp³-hybridized carbons (Fsp3) is 1.00. The van der Waals surface area contributed by atoms with Gasteiger partial charge in [0.05, 0.1) is 0 Å². The van der Waals surface area contributed by atoms with Gasteiger partial charge in [-0.2, -0.15) is 0 Å². The molecule has 1 unspecified atom stereocenters. The quantitative estimate of drug-likeness (QED) is 0.694. The summed E-state index contributed by atoms with van der Waals surface area (Å²) in [5, 5.41) is 3.66. The lowest BCUT2D eigenvalue weighted by molar-refractivity contribution is 0.169. The molecule has 1 saturated heterocycles. The molecule has 2 nitrogen and oxygen atoms in total. The van der Waals surface area contributed by atoms with Crippen LogP contribution in [0.3, 0.4) is 0 Å². The second-order valence-corrected chi connectivity index (χ2v) is 5.81. The van der Waals surface area contributed by atoms with Crippen molar-refractivity contribution in [3.63, 3.8) is 0 Å². The van der Waals surface area contributed by atoms with Crippen LogP contribution in [0, 0.1) is 5.41 Å². The van der Waals surface area contributed by atoms with Gasteiger partial charge in [-0.3, -0.25) is 4.90 Å². The molecule has 0 amide bonds. The van der Waals surface area contributed by atoms with E-state index in [0.717, 1.165) is 0 Å². The molecule has 1 aliphatic heterocycles. The van der Waals surface area contributed by atoms with E-state index in [1.807, 2.05) is 0 Å². The van der Waals surface area contributed by atoms with Crippen LogP contribution in [0.15, 0.2) is 0 Å². The van der Waals surface area contributed by atoms with E-state index in [1.165, 1.54) is 26.1 Å². The van der Waals surface area contributed by atoms with E-state index in [2.05, 4.69) is 44.8 Å². The van der Waals surface area contributed by atoms with Crippen LogP contribution < -0.4 is 5.32 Å². The molecule has 2 heteroatoms. The summed E-state index contributed by atoms with van der Waals surface area (Å²) in [6.45, 7) is 15.2. The SMILES string of the molecule is CC(C)N1CCCNC(C(C)(C)C)C1. The molecule has 0 aromatic carbocycles. The van der Waals surface area contributed by atoms with Crippen molar-refractivity contribution in [2.75, 3.05) is 19.6 Å². The average molecular weight is 198 g/mol. The standard InChI is InChI=1S/C12H26N2/c1-10(2)14-8-6-7-13-11(9-14)12(3,4)5/h10-11,13H,6-9H2,1-5H3. The molecule has 14 heavy (non-hydrogen) atoms. The Labute approximate surface area is 89.1 Å². The van der Waals surface area contributed by atoms with Gasteiger partial charge >= 0.3 is 0 Å². The highest BCUT2D eigenvalue weighted by Gasteiger charge is 2.28. The van der Waals surface area contributed by atoms with Crippen molar-refractivity contribution in [1.82, 2.24) is 10.2 Å². The summed E-state index contributed by atoms with van der Waals surface area (Å²) in [5.74, 6) is 0. The smallest absolute Gasteiger partial charge is 0.0243 e. The monoisotopic (exact) mass is 198 g/mol. The molecule has 84 valence electrons. The number of hydrogen-bond donors (Lipinski definition) is 1. The number of hydrogen-bond acceptors (Lipinski definition) is 2. The lowest BCUT2D eigenvalue weighted by Crippen LogP contribution is -2.47. The summed E-state index contributed by atoms with van der Waals surface area (Å²) < 4.78 is 0. The van der Waals surface area contributed by atoms with Crippen molar-refractivity contribution >= 4 is 0 Å². The zero-order chi connectivity index (χ0) is 10.8. The van der Waals surface area contributed by atoms with Crippen molar-refractivity contribution in [1.29, 1.82) is 0 Å². The molecule has 0 bridgehead atoms. The summed E-state index contributed by atoms with van der Waals surface area (Å²) in [7, 11) is 0. The Morgan fingerprint density at radius 3 is 2.43 bits per heavy atom. The van der Waals surface area contributed by atoms with Crippen LogP contribution in [-0.2, 0) is 0 Å². The highest BCUT2D eigenvalue weighted by atomic mass is 15.2. The van der Waals surface area contributed by atoms with Crippen molar-refractivity contribution in [2.45, 2.75) is 53.1 Å². The summed E-state index contributed by atoms with van der Waals surface area (Å²) in [5.41, 5.74) is 0.372. The molecule has 1 aliphatic rings. The molecule has 1 rings (SSSR count). The second-order valence-electron chi connectivity index (χ2n) is 5.81. The third-order valence-corrected chi connectivity index (χ3v) is 3.21. The van der Waals surface area contributed by atoms with E-state index in [1.54, 1.807) is 0 Å². The molecule has 0 aromatic heterocycles. The van der Waals surface area contributed by atoms with Crippen molar-refractivity contribution < 1.29 is 0 Å². The third-order valence-electron chi connectivity index (χ3n) is 3.21. The Balaban J connectivity index is 2.60. The van der Waals surface area contributed by atoms with E-state index in [9.17, 15) is 0 Å². The van der Waals surface area contributed by atoms with Crippen LogP contribution in [-0.4, -0.2) is 36.6 Å². The maximum atomic E-state index is 3.66. The molecular weight excluding hydrogens is 172 g/mol. The maximum absolute atomic E-state index is 3.66. The summed E-state index contributed by atoms with van der Waals surface area (Å²) in [4.78, 5) is 2.59. The first kappa shape index (κ1) is 12.0. The van der Waals surface area contributed by atoms with E-state index < -0.39 is 0 Å². The maximum Gasteiger partial charge on any atom is 0.0243 e. The van der Waals surface area contributed by atoms with Gasteiger partial charge in [0.25, 0.3) is 0 Å². The summed E-state index contributed by atoms with van der Waals surface area (Å²) in [6, 6.07) is 1.31. The Bertz CT molecular complexity index is 170. The molecule has 0 spiro atoms. The van der Waals surface area contributed by atoms with Gasteiger partial charge in [0.15, 0.2) is 0 Å². The predicted molar refractivity (Wildman–Crippen MR) is 62.6 cm³/mol. The van der Waals surface area contributed by atoms with Crippen molar-refractivity contribution in [3.8, 4) is 0 Å². The molecule has 0 aliphatic carbocycles. The third kappa shape index (κ3) is 3.25. The molecule has 1 heterocycles. The van der Waals surface area contributed by atoms with Gasteiger partial charge in [-0.15, -0.1) is 0 Å². The van der Waals surface area contributed by atoms with Crippen LogP contribution in [0.4, 0.5) is 0 Å². The minimum atomic E-state index is 0.372.